The molecular weight excluding hydrogens is 312 g/mol. The zero-order valence-electron chi connectivity index (χ0n) is 14.4. The molecule has 0 unspecified atom stereocenters. The Kier molecular flexibility index (Phi) is 7.34. The number of sulfonamides is 1. The van der Waals surface area contributed by atoms with Crippen molar-refractivity contribution < 1.29 is 13.2 Å². The van der Waals surface area contributed by atoms with E-state index in [0.29, 0.717) is 19.4 Å². The third-order valence-electron chi connectivity index (χ3n) is 5.07. The van der Waals surface area contributed by atoms with Crippen LogP contribution in [0.25, 0.3) is 0 Å². The predicted octanol–water partition coefficient (Wildman–Crippen LogP) is 2.81. The lowest BCUT2D eigenvalue weighted by atomic mass is 9.96. The molecule has 0 radical (unpaired) electrons. The van der Waals surface area contributed by atoms with Crippen molar-refractivity contribution in [2.45, 2.75) is 89.6 Å². The molecule has 23 heavy (non-hydrogen) atoms. The van der Waals surface area contributed by atoms with E-state index < -0.39 is 16.1 Å². The van der Waals surface area contributed by atoms with Gasteiger partial charge in [0.1, 0.15) is 6.04 Å². The monoisotopic (exact) mass is 344 g/mol. The summed E-state index contributed by atoms with van der Waals surface area (Å²) in [6.45, 7) is 2.48. The van der Waals surface area contributed by atoms with E-state index in [2.05, 4.69) is 5.32 Å². The number of hydrogen-bond donors (Lipinski definition) is 1. The Labute approximate surface area is 141 Å². The Morgan fingerprint density at radius 1 is 1.04 bits per heavy atom. The second-order valence-electron chi connectivity index (χ2n) is 6.99. The first kappa shape index (κ1) is 18.7. The standard InChI is InChI=1S/C17H32N2O3S/c1-2-3-14-23(21,22)19-13-9-12-16(19)17(20)18-15-10-7-5-4-6-8-11-15/h15-16H,2-14H2,1H3,(H,18,20)/t16-/m0/s1. The highest BCUT2D eigenvalue weighted by Crippen LogP contribution is 2.23. The summed E-state index contributed by atoms with van der Waals surface area (Å²) in [5.74, 6) is 0.0876. The first-order valence-electron chi connectivity index (χ1n) is 9.34. The van der Waals surface area contributed by atoms with Gasteiger partial charge >= 0.3 is 0 Å². The third kappa shape index (κ3) is 5.45. The molecule has 5 nitrogen and oxygen atoms in total. The predicted molar refractivity (Wildman–Crippen MR) is 92.7 cm³/mol. The number of rotatable bonds is 6. The summed E-state index contributed by atoms with van der Waals surface area (Å²) < 4.78 is 26.3. The fourth-order valence-electron chi connectivity index (χ4n) is 3.68. The molecule has 0 spiro atoms. The maximum absolute atomic E-state index is 12.6. The minimum Gasteiger partial charge on any atom is -0.352 e. The number of carbonyl (C=O) groups excluding carboxylic acids is 1. The summed E-state index contributed by atoms with van der Waals surface area (Å²) in [7, 11) is -3.30. The van der Waals surface area contributed by atoms with Crippen LogP contribution in [-0.4, -0.2) is 43.0 Å². The van der Waals surface area contributed by atoms with E-state index in [9.17, 15) is 13.2 Å². The van der Waals surface area contributed by atoms with Gasteiger partial charge in [0.2, 0.25) is 15.9 Å². The minimum atomic E-state index is -3.30. The summed E-state index contributed by atoms with van der Waals surface area (Å²) in [6.07, 6.45) is 11.1. The molecule has 0 aromatic carbocycles. The summed E-state index contributed by atoms with van der Waals surface area (Å²) in [5, 5.41) is 3.14. The second-order valence-corrected chi connectivity index (χ2v) is 9.03. The molecule has 1 heterocycles. The minimum absolute atomic E-state index is 0.0758. The van der Waals surface area contributed by atoms with E-state index in [1.165, 1.54) is 23.6 Å². The molecule has 2 fully saturated rings. The van der Waals surface area contributed by atoms with Crippen LogP contribution in [-0.2, 0) is 14.8 Å². The second kappa shape index (κ2) is 9.02. The van der Waals surface area contributed by atoms with Crippen molar-refractivity contribution in [3.05, 3.63) is 0 Å². The first-order chi connectivity index (χ1) is 11.0. The maximum atomic E-state index is 12.6. The first-order valence-corrected chi connectivity index (χ1v) is 11.0. The zero-order valence-corrected chi connectivity index (χ0v) is 15.2. The molecule has 1 N–H and O–H groups in total. The number of amides is 1. The van der Waals surface area contributed by atoms with Gasteiger partial charge in [0.05, 0.1) is 5.75 Å². The van der Waals surface area contributed by atoms with Crippen molar-refractivity contribution >= 4 is 15.9 Å². The molecule has 2 rings (SSSR count). The van der Waals surface area contributed by atoms with Crippen LogP contribution in [0.2, 0.25) is 0 Å². The molecule has 1 saturated heterocycles. The lowest BCUT2D eigenvalue weighted by Gasteiger charge is -2.27. The molecule has 1 aliphatic heterocycles. The SMILES string of the molecule is CCCCS(=O)(=O)N1CCC[C@H]1C(=O)NC1CCCCCCC1. The normalized spacial score (nSPS) is 25.0. The van der Waals surface area contributed by atoms with Gasteiger partial charge in [-0.15, -0.1) is 0 Å². The fourth-order valence-corrected chi connectivity index (χ4v) is 5.56. The highest BCUT2D eigenvalue weighted by molar-refractivity contribution is 7.89. The van der Waals surface area contributed by atoms with E-state index in [0.717, 1.165) is 38.5 Å². The van der Waals surface area contributed by atoms with Crippen LogP contribution >= 0.6 is 0 Å². The molecule has 1 amide bonds. The van der Waals surface area contributed by atoms with E-state index in [-0.39, 0.29) is 17.7 Å². The van der Waals surface area contributed by atoms with Crippen LogP contribution in [0.15, 0.2) is 0 Å². The lowest BCUT2D eigenvalue weighted by molar-refractivity contribution is -0.125. The Morgan fingerprint density at radius 3 is 2.35 bits per heavy atom. The summed E-state index contributed by atoms with van der Waals surface area (Å²) >= 11 is 0. The van der Waals surface area contributed by atoms with Crippen LogP contribution < -0.4 is 5.32 Å². The largest absolute Gasteiger partial charge is 0.352 e. The lowest BCUT2D eigenvalue weighted by Crippen LogP contribution is -2.49. The molecule has 1 atom stereocenters. The van der Waals surface area contributed by atoms with Crippen molar-refractivity contribution in [2.75, 3.05) is 12.3 Å². The highest BCUT2D eigenvalue weighted by atomic mass is 32.2. The number of carbonyl (C=O) groups is 1. The number of nitrogens with one attached hydrogen (secondary N) is 1. The quantitative estimate of drug-likeness (QED) is 0.806. The van der Waals surface area contributed by atoms with Gasteiger partial charge in [-0.25, -0.2) is 8.42 Å². The number of hydrogen-bond acceptors (Lipinski definition) is 3. The number of nitrogens with zero attached hydrogens (tertiary/aromatic N) is 1. The van der Waals surface area contributed by atoms with Crippen molar-refractivity contribution in [3.63, 3.8) is 0 Å². The molecule has 6 heteroatoms. The molecule has 0 aromatic rings. The van der Waals surface area contributed by atoms with Crippen molar-refractivity contribution in [2.24, 2.45) is 0 Å². The molecule has 1 aliphatic carbocycles. The van der Waals surface area contributed by atoms with Crippen LogP contribution in [0.1, 0.15) is 77.6 Å². The third-order valence-corrected chi connectivity index (χ3v) is 7.03. The van der Waals surface area contributed by atoms with Crippen LogP contribution in [0.4, 0.5) is 0 Å². The maximum Gasteiger partial charge on any atom is 0.238 e. The summed E-state index contributed by atoms with van der Waals surface area (Å²) in [6, 6.07) is -0.258. The Hall–Kier alpha value is -0.620. The molecule has 0 aromatic heterocycles. The number of unbranched alkanes of at least 4 members (excludes halogenated alkanes) is 1. The average Bonchev–Trinajstić information content (AvgIpc) is 2.98. The highest BCUT2D eigenvalue weighted by Gasteiger charge is 2.38. The van der Waals surface area contributed by atoms with Crippen LogP contribution in [0.3, 0.4) is 0 Å². The zero-order chi connectivity index (χ0) is 16.7. The van der Waals surface area contributed by atoms with Gasteiger partial charge in [-0.2, -0.15) is 4.31 Å². The van der Waals surface area contributed by atoms with Crippen molar-refractivity contribution in [1.82, 2.24) is 9.62 Å². The smallest absolute Gasteiger partial charge is 0.238 e. The van der Waals surface area contributed by atoms with Crippen molar-refractivity contribution in [3.8, 4) is 0 Å². The summed E-state index contributed by atoms with van der Waals surface area (Å²) in [5.41, 5.74) is 0. The van der Waals surface area contributed by atoms with E-state index in [1.807, 2.05) is 6.92 Å². The molecule has 134 valence electrons. The molecule has 0 bridgehead atoms. The van der Waals surface area contributed by atoms with Gasteiger partial charge in [0.15, 0.2) is 0 Å². The summed E-state index contributed by atoms with van der Waals surface area (Å²) in [4.78, 5) is 12.6. The van der Waals surface area contributed by atoms with Crippen molar-refractivity contribution in [1.29, 1.82) is 0 Å². The van der Waals surface area contributed by atoms with Gasteiger partial charge in [0, 0.05) is 12.6 Å². The fraction of sp³-hybridized carbons (Fsp3) is 0.941. The van der Waals surface area contributed by atoms with Gasteiger partial charge in [-0.1, -0.05) is 45.4 Å². The molecule has 1 saturated carbocycles. The Morgan fingerprint density at radius 2 is 1.70 bits per heavy atom. The average molecular weight is 345 g/mol. The van der Waals surface area contributed by atoms with E-state index in [1.54, 1.807) is 0 Å². The molecular formula is C17H32N2O3S. The van der Waals surface area contributed by atoms with E-state index >= 15 is 0 Å². The Bertz CT molecular complexity index is 470. The van der Waals surface area contributed by atoms with Gasteiger partial charge in [-0.05, 0) is 32.1 Å². The van der Waals surface area contributed by atoms with Gasteiger partial charge < -0.3 is 5.32 Å². The van der Waals surface area contributed by atoms with Gasteiger partial charge in [0.25, 0.3) is 0 Å². The van der Waals surface area contributed by atoms with Crippen LogP contribution in [0, 0.1) is 0 Å². The Balaban J connectivity index is 1.94. The molecule has 2 aliphatic rings. The van der Waals surface area contributed by atoms with Crippen LogP contribution in [0.5, 0.6) is 0 Å². The van der Waals surface area contributed by atoms with Gasteiger partial charge in [-0.3, -0.25) is 4.79 Å². The van der Waals surface area contributed by atoms with E-state index in [4.69, 9.17) is 0 Å². The topological polar surface area (TPSA) is 66.5 Å².